The Morgan fingerprint density at radius 1 is 1.22 bits per heavy atom. The number of hydrogen-bond donors (Lipinski definition) is 2. The number of halogens is 3. The van der Waals surface area contributed by atoms with Crippen LogP contribution in [-0.4, -0.2) is 51.9 Å². The standard InChI is InChI=1S/C10H14F3NO4/c1-9(18,10(11,12)13)8(17)14-4-2-6(3-5-14)7(15)16/h6,18H,2-5H2,1H3,(H,15,16). The molecule has 1 amide bonds. The maximum atomic E-state index is 12.5. The zero-order valence-electron chi connectivity index (χ0n) is 9.70. The quantitative estimate of drug-likeness (QED) is 0.770. The molecular formula is C10H14F3NO4. The monoisotopic (exact) mass is 269 g/mol. The van der Waals surface area contributed by atoms with Gasteiger partial charge in [-0.2, -0.15) is 13.2 Å². The van der Waals surface area contributed by atoms with E-state index in [4.69, 9.17) is 5.11 Å². The molecule has 0 aromatic rings. The highest BCUT2D eigenvalue weighted by Gasteiger charge is 2.57. The Morgan fingerprint density at radius 2 is 1.67 bits per heavy atom. The Labute approximate surface area is 101 Å². The normalized spacial score (nSPS) is 21.5. The van der Waals surface area contributed by atoms with E-state index in [0.717, 1.165) is 4.90 Å². The first kappa shape index (κ1) is 14.7. The largest absolute Gasteiger partial charge is 0.481 e. The van der Waals surface area contributed by atoms with E-state index in [1.807, 2.05) is 0 Å². The molecule has 104 valence electrons. The molecule has 2 N–H and O–H groups in total. The van der Waals surface area contributed by atoms with E-state index in [2.05, 4.69) is 0 Å². The fourth-order valence-corrected chi connectivity index (χ4v) is 1.76. The van der Waals surface area contributed by atoms with Crippen molar-refractivity contribution < 1.29 is 33.0 Å². The van der Waals surface area contributed by atoms with Gasteiger partial charge in [-0.25, -0.2) is 0 Å². The summed E-state index contributed by atoms with van der Waals surface area (Å²) in [5.41, 5.74) is -3.43. The van der Waals surface area contributed by atoms with Crippen molar-refractivity contribution in [2.75, 3.05) is 13.1 Å². The van der Waals surface area contributed by atoms with Crippen molar-refractivity contribution in [3.05, 3.63) is 0 Å². The first-order chi connectivity index (χ1) is 8.07. The Kier molecular flexibility index (Phi) is 3.89. The summed E-state index contributed by atoms with van der Waals surface area (Å²) in [5.74, 6) is -3.10. The molecule has 1 atom stereocenters. The van der Waals surface area contributed by atoms with Crippen LogP contribution in [0.4, 0.5) is 13.2 Å². The molecule has 1 unspecified atom stereocenters. The van der Waals surface area contributed by atoms with E-state index in [-0.39, 0.29) is 25.9 Å². The second-order valence-corrected chi connectivity index (χ2v) is 4.47. The number of aliphatic hydroxyl groups is 1. The number of aliphatic carboxylic acids is 1. The Hall–Kier alpha value is -1.31. The number of rotatable bonds is 2. The van der Waals surface area contributed by atoms with Crippen molar-refractivity contribution in [3.63, 3.8) is 0 Å². The minimum absolute atomic E-state index is 0.0923. The molecule has 0 radical (unpaired) electrons. The SMILES string of the molecule is CC(O)(C(=O)N1CCC(C(=O)O)CC1)C(F)(F)F. The number of hydrogen-bond acceptors (Lipinski definition) is 3. The van der Waals surface area contributed by atoms with Crippen molar-refractivity contribution in [1.29, 1.82) is 0 Å². The first-order valence-corrected chi connectivity index (χ1v) is 5.38. The summed E-state index contributed by atoms with van der Waals surface area (Å²) in [7, 11) is 0. The summed E-state index contributed by atoms with van der Waals surface area (Å²) >= 11 is 0. The van der Waals surface area contributed by atoms with Crippen LogP contribution < -0.4 is 0 Å². The maximum Gasteiger partial charge on any atom is 0.426 e. The van der Waals surface area contributed by atoms with E-state index in [1.54, 1.807) is 0 Å². The number of amides is 1. The van der Waals surface area contributed by atoms with Crippen molar-refractivity contribution in [3.8, 4) is 0 Å². The van der Waals surface area contributed by atoms with Gasteiger partial charge in [0.1, 0.15) is 0 Å². The second kappa shape index (κ2) is 4.75. The third kappa shape index (κ3) is 2.74. The van der Waals surface area contributed by atoms with Crippen molar-refractivity contribution in [2.45, 2.75) is 31.5 Å². The van der Waals surface area contributed by atoms with Crippen LogP contribution in [0, 0.1) is 5.92 Å². The molecule has 0 aromatic heterocycles. The highest BCUT2D eigenvalue weighted by atomic mass is 19.4. The summed E-state index contributed by atoms with van der Waals surface area (Å²) in [6.45, 7) is 0.211. The van der Waals surface area contributed by atoms with Crippen LogP contribution >= 0.6 is 0 Å². The molecular weight excluding hydrogens is 255 g/mol. The van der Waals surface area contributed by atoms with E-state index < -0.39 is 29.6 Å². The van der Waals surface area contributed by atoms with Crippen molar-refractivity contribution in [1.82, 2.24) is 4.90 Å². The number of likely N-dealkylation sites (tertiary alicyclic amines) is 1. The van der Waals surface area contributed by atoms with Crippen LogP contribution in [0.25, 0.3) is 0 Å². The van der Waals surface area contributed by atoms with Crippen LogP contribution in [0.2, 0.25) is 0 Å². The van der Waals surface area contributed by atoms with Crippen LogP contribution in [0.3, 0.4) is 0 Å². The Balaban J connectivity index is 2.69. The van der Waals surface area contributed by atoms with Crippen molar-refractivity contribution >= 4 is 11.9 Å². The van der Waals surface area contributed by atoms with Gasteiger partial charge in [0.2, 0.25) is 5.60 Å². The summed E-state index contributed by atoms with van der Waals surface area (Å²) in [5, 5.41) is 17.9. The van der Waals surface area contributed by atoms with Crippen LogP contribution in [-0.2, 0) is 9.59 Å². The summed E-state index contributed by atoms with van der Waals surface area (Å²) in [6.07, 6.45) is -4.86. The van der Waals surface area contributed by atoms with Gasteiger partial charge in [-0.3, -0.25) is 9.59 Å². The molecule has 0 spiro atoms. The molecule has 0 aliphatic carbocycles. The molecule has 18 heavy (non-hydrogen) atoms. The van der Waals surface area contributed by atoms with Gasteiger partial charge in [0.25, 0.3) is 5.91 Å². The third-order valence-corrected chi connectivity index (χ3v) is 3.10. The minimum Gasteiger partial charge on any atom is -0.481 e. The highest BCUT2D eigenvalue weighted by Crippen LogP contribution is 2.32. The van der Waals surface area contributed by atoms with Gasteiger partial charge in [0.05, 0.1) is 5.92 Å². The Bertz CT molecular complexity index is 346. The first-order valence-electron chi connectivity index (χ1n) is 5.38. The molecule has 1 aliphatic heterocycles. The lowest BCUT2D eigenvalue weighted by molar-refractivity contribution is -0.250. The molecule has 1 rings (SSSR count). The molecule has 0 bridgehead atoms. The molecule has 8 heteroatoms. The number of carbonyl (C=O) groups is 2. The zero-order valence-corrected chi connectivity index (χ0v) is 9.70. The number of carboxylic acid groups (broad SMARTS) is 1. The van der Waals surface area contributed by atoms with Gasteiger partial charge >= 0.3 is 12.1 Å². The van der Waals surface area contributed by atoms with E-state index in [1.165, 1.54) is 0 Å². The van der Waals surface area contributed by atoms with Gasteiger partial charge < -0.3 is 15.1 Å². The molecule has 0 saturated carbocycles. The van der Waals surface area contributed by atoms with Gasteiger partial charge in [0.15, 0.2) is 0 Å². The lowest BCUT2D eigenvalue weighted by Gasteiger charge is -2.35. The fourth-order valence-electron chi connectivity index (χ4n) is 1.76. The van der Waals surface area contributed by atoms with Gasteiger partial charge in [-0.05, 0) is 19.8 Å². The van der Waals surface area contributed by atoms with Gasteiger partial charge in [-0.1, -0.05) is 0 Å². The average molecular weight is 269 g/mol. The van der Waals surface area contributed by atoms with Crippen LogP contribution in [0.5, 0.6) is 0 Å². The second-order valence-electron chi connectivity index (χ2n) is 4.47. The molecule has 5 nitrogen and oxygen atoms in total. The summed E-state index contributed by atoms with van der Waals surface area (Å²) in [6, 6.07) is 0. The number of carboxylic acids is 1. The predicted octanol–water partition coefficient (Wildman–Crippen LogP) is 0.623. The van der Waals surface area contributed by atoms with E-state index in [0.29, 0.717) is 6.92 Å². The maximum absolute atomic E-state index is 12.5. The smallest absolute Gasteiger partial charge is 0.426 e. The topological polar surface area (TPSA) is 77.8 Å². The van der Waals surface area contributed by atoms with Gasteiger partial charge in [0, 0.05) is 13.1 Å². The van der Waals surface area contributed by atoms with Gasteiger partial charge in [-0.15, -0.1) is 0 Å². The van der Waals surface area contributed by atoms with Crippen LogP contribution in [0.1, 0.15) is 19.8 Å². The molecule has 1 fully saturated rings. The van der Waals surface area contributed by atoms with E-state index in [9.17, 15) is 27.9 Å². The lowest BCUT2D eigenvalue weighted by atomic mass is 9.95. The zero-order chi connectivity index (χ0) is 14.1. The third-order valence-electron chi connectivity index (χ3n) is 3.10. The Morgan fingerprint density at radius 3 is 2.00 bits per heavy atom. The average Bonchev–Trinajstić information content (AvgIpc) is 2.26. The lowest BCUT2D eigenvalue weighted by Crippen LogP contribution is -2.57. The number of piperidine rings is 1. The summed E-state index contributed by atoms with van der Waals surface area (Å²) < 4.78 is 37.4. The molecule has 0 aromatic carbocycles. The van der Waals surface area contributed by atoms with Crippen molar-refractivity contribution in [2.24, 2.45) is 5.92 Å². The summed E-state index contributed by atoms with van der Waals surface area (Å²) in [4.78, 5) is 23.1. The molecule has 1 saturated heterocycles. The predicted molar refractivity (Wildman–Crippen MR) is 53.6 cm³/mol. The number of carbonyl (C=O) groups excluding carboxylic acids is 1. The van der Waals surface area contributed by atoms with Crippen LogP contribution in [0.15, 0.2) is 0 Å². The highest BCUT2D eigenvalue weighted by molar-refractivity contribution is 5.85. The van der Waals surface area contributed by atoms with E-state index >= 15 is 0 Å². The number of nitrogens with zero attached hydrogens (tertiary/aromatic N) is 1. The molecule has 1 heterocycles. The number of alkyl halides is 3. The minimum atomic E-state index is -5.05. The molecule has 1 aliphatic rings. The fraction of sp³-hybridized carbons (Fsp3) is 0.800.